The fourth-order valence-corrected chi connectivity index (χ4v) is 5.57. The van der Waals surface area contributed by atoms with Crippen LogP contribution in [0, 0.1) is 13.8 Å². The monoisotopic (exact) mass is 599 g/mol. The molecule has 4 aromatic rings. The van der Waals surface area contributed by atoms with Crippen molar-refractivity contribution in [3.05, 3.63) is 70.1 Å². The summed E-state index contributed by atoms with van der Waals surface area (Å²) in [7, 11) is 1.45. The molecule has 1 aromatic carbocycles. The van der Waals surface area contributed by atoms with Gasteiger partial charge < -0.3 is 43.2 Å². The number of aromatic nitrogens is 3. The van der Waals surface area contributed by atoms with Crippen LogP contribution in [0.3, 0.4) is 0 Å². The zero-order chi connectivity index (χ0) is 30.0. The molecule has 0 bridgehead atoms. The number of rotatable bonds is 10. The normalized spacial score (nSPS) is 21.8. The van der Waals surface area contributed by atoms with Gasteiger partial charge in [0.25, 0.3) is 0 Å². The summed E-state index contributed by atoms with van der Waals surface area (Å²) in [4.78, 5) is 35.4. The molecule has 1 saturated heterocycles. The number of benzene rings is 1. The Labute approximate surface area is 245 Å². The number of carbonyl (C=O) groups is 1. The molecule has 42 heavy (non-hydrogen) atoms. The number of imidazole rings is 1. The lowest BCUT2D eigenvalue weighted by Gasteiger charge is -2.47. The maximum absolute atomic E-state index is 12.9. The molecule has 224 valence electrons. The molecular weight excluding hydrogens is 566 g/mol. The molecule has 13 heteroatoms. The molecule has 3 N–H and O–H groups in total. The van der Waals surface area contributed by atoms with Crippen molar-refractivity contribution in [2.45, 2.75) is 63.1 Å². The third kappa shape index (κ3) is 6.19. The second kappa shape index (κ2) is 12.2. The molecule has 0 radical (unpaired) electrons. The number of aromatic amines is 2. The average Bonchev–Trinajstić information content (AvgIpc) is 3.63. The van der Waals surface area contributed by atoms with Crippen LogP contribution in [-0.4, -0.2) is 75.7 Å². The summed E-state index contributed by atoms with van der Waals surface area (Å²) >= 11 is 1.49. The van der Waals surface area contributed by atoms with Gasteiger partial charge in [0.05, 0.1) is 23.7 Å². The Morgan fingerprint density at radius 1 is 1.19 bits per heavy atom. The van der Waals surface area contributed by atoms with Crippen molar-refractivity contribution in [2.75, 3.05) is 19.5 Å². The van der Waals surface area contributed by atoms with Crippen LogP contribution in [0.4, 0.5) is 0 Å². The lowest BCUT2D eigenvalue weighted by atomic mass is 9.89. The minimum Gasteiger partial charge on any atom is -0.492 e. The first-order valence-electron chi connectivity index (χ1n) is 13.3. The fourth-order valence-electron chi connectivity index (χ4n) is 4.93. The highest BCUT2D eigenvalue weighted by Crippen LogP contribution is 2.37. The van der Waals surface area contributed by atoms with Gasteiger partial charge in [-0.3, -0.25) is 0 Å². The third-order valence-electron chi connectivity index (χ3n) is 6.94. The van der Waals surface area contributed by atoms with Gasteiger partial charge in [-0.15, -0.1) is 0 Å². The first-order valence-corrected chi connectivity index (χ1v) is 14.3. The van der Waals surface area contributed by atoms with Crippen LogP contribution in [0.25, 0.3) is 11.0 Å². The second-order valence-electron chi connectivity index (χ2n) is 10.4. The molecule has 5 rings (SSSR count). The number of ether oxygens (including phenoxy) is 5. The topological polar surface area (TPSA) is 158 Å². The third-order valence-corrected chi connectivity index (χ3v) is 7.80. The largest absolute Gasteiger partial charge is 0.492 e. The van der Waals surface area contributed by atoms with Crippen molar-refractivity contribution in [3.8, 4) is 11.5 Å². The zero-order valence-electron chi connectivity index (χ0n) is 23.8. The van der Waals surface area contributed by atoms with E-state index in [4.69, 9.17) is 28.1 Å². The molecule has 0 saturated carbocycles. The van der Waals surface area contributed by atoms with E-state index in [1.807, 2.05) is 6.92 Å². The Hall–Kier alpha value is -3.78. The van der Waals surface area contributed by atoms with E-state index < -0.39 is 41.8 Å². The first kappa shape index (κ1) is 29.7. The molecular formula is C29H33N3O9S. The van der Waals surface area contributed by atoms with Crippen LogP contribution in [0.15, 0.2) is 57.1 Å². The van der Waals surface area contributed by atoms with Gasteiger partial charge in [0.1, 0.15) is 28.9 Å². The maximum atomic E-state index is 12.9. The summed E-state index contributed by atoms with van der Waals surface area (Å²) in [6.07, 6.45) is -1.15. The average molecular weight is 600 g/mol. The number of fused-ring (bicyclic) bond motifs is 1. The van der Waals surface area contributed by atoms with Gasteiger partial charge in [-0.2, -0.15) is 0 Å². The van der Waals surface area contributed by atoms with Gasteiger partial charge in [-0.05, 0) is 52.0 Å². The van der Waals surface area contributed by atoms with Gasteiger partial charge in [0, 0.05) is 36.5 Å². The van der Waals surface area contributed by atoms with Gasteiger partial charge in [-0.25, -0.2) is 14.6 Å². The second-order valence-corrected chi connectivity index (χ2v) is 11.4. The number of aliphatic hydroxyl groups is 1. The summed E-state index contributed by atoms with van der Waals surface area (Å²) in [6.45, 7) is 7.38. The Morgan fingerprint density at radius 2 is 2.00 bits per heavy atom. The number of carbonyl (C=O) groups excluding carboxylic acids is 1. The van der Waals surface area contributed by atoms with Crippen molar-refractivity contribution in [1.82, 2.24) is 15.0 Å². The number of H-pyrrole nitrogens is 2. The van der Waals surface area contributed by atoms with E-state index >= 15 is 0 Å². The molecule has 0 unspecified atom stereocenters. The van der Waals surface area contributed by atoms with E-state index in [9.17, 15) is 14.7 Å². The predicted octanol–water partition coefficient (Wildman–Crippen LogP) is 3.75. The summed E-state index contributed by atoms with van der Waals surface area (Å²) in [5.74, 6) is 0.640. The minimum atomic E-state index is -1.41. The zero-order valence-corrected chi connectivity index (χ0v) is 24.7. The molecule has 0 amide bonds. The number of methoxy groups -OCH3 is 1. The van der Waals surface area contributed by atoms with Crippen LogP contribution in [0.2, 0.25) is 0 Å². The molecule has 4 atom stereocenters. The molecule has 1 aliphatic rings. The lowest BCUT2D eigenvalue weighted by molar-refractivity contribution is -0.305. The Bertz CT molecular complexity index is 1600. The number of esters is 1. The van der Waals surface area contributed by atoms with E-state index in [0.717, 1.165) is 10.9 Å². The van der Waals surface area contributed by atoms with Crippen molar-refractivity contribution >= 4 is 28.7 Å². The summed E-state index contributed by atoms with van der Waals surface area (Å²) < 4.78 is 35.0. The van der Waals surface area contributed by atoms with Crippen LogP contribution in [0.5, 0.6) is 11.5 Å². The van der Waals surface area contributed by atoms with Gasteiger partial charge >= 0.3 is 11.6 Å². The molecule has 4 heterocycles. The maximum Gasteiger partial charge on any atom is 0.355 e. The van der Waals surface area contributed by atoms with E-state index in [2.05, 4.69) is 15.0 Å². The number of thioether (sulfide) groups is 1. The van der Waals surface area contributed by atoms with Crippen molar-refractivity contribution in [2.24, 2.45) is 0 Å². The highest BCUT2D eigenvalue weighted by Gasteiger charge is 2.53. The Morgan fingerprint density at radius 3 is 2.69 bits per heavy atom. The highest BCUT2D eigenvalue weighted by atomic mass is 32.2. The number of aryl methyl sites for hydroxylation is 2. The molecule has 3 aromatic heterocycles. The van der Waals surface area contributed by atoms with E-state index in [1.54, 1.807) is 57.4 Å². The minimum absolute atomic E-state index is 0.245. The first-order chi connectivity index (χ1) is 20.1. The number of nitrogens with one attached hydrogen (secondary N) is 2. The lowest BCUT2D eigenvalue weighted by Crippen LogP contribution is -2.65. The Kier molecular flexibility index (Phi) is 8.64. The molecule has 1 fully saturated rings. The molecule has 0 spiro atoms. The number of aliphatic hydroxyl groups excluding tert-OH is 1. The molecule has 1 aliphatic heterocycles. The van der Waals surface area contributed by atoms with Crippen LogP contribution in [-0.2, 0) is 14.2 Å². The van der Waals surface area contributed by atoms with Gasteiger partial charge in [0.15, 0.2) is 17.4 Å². The smallest absolute Gasteiger partial charge is 0.355 e. The van der Waals surface area contributed by atoms with Gasteiger partial charge in [0.2, 0.25) is 6.29 Å². The summed E-state index contributed by atoms with van der Waals surface area (Å²) in [5, 5.41) is 12.6. The van der Waals surface area contributed by atoms with Crippen LogP contribution >= 0.6 is 11.8 Å². The van der Waals surface area contributed by atoms with Crippen LogP contribution < -0.4 is 15.1 Å². The number of hydrogen-bond acceptors (Lipinski definition) is 11. The van der Waals surface area contributed by atoms with Crippen molar-refractivity contribution in [1.29, 1.82) is 0 Å². The number of nitrogens with zero attached hydrogens (tertiary/aromatic N) is 1. The fraction of sp³-hybridized carbons (Fsp3) is 0.414. The standard InChI is InChI=1S/C29H33N3O9S/c1-15-6-8-18(32-15)26(35)40-24-22(34)27(41-29(3,4)25(24)36-5)38-19-9-7-17-20(14-21(33)39-23(17)16(19)2)37-12-13-42-28-30-10-11-31-28/h6-11,14,22,24-25,27,32,34H,12-13H2,1-5H3,(H,30,31)/t22-,24+,25-,27-/m1/s1. The van der Waals surface area contributed by atoms with Gasteiger partial charge in [-0.1, -0.05) is 11.8 Å². The van der Waals surface area contributed by atoms with E-state index in [1.165, 1.54) is 24.9 Å². The van der Waals surface area contributed by atoms with Crippen molar-refractivity contribution < 1.29 is 38.0 Å². The highest BCUT2D eigenvalue weighted by molar-refractivity contribution is 7.99. The SMILES string of the molecule is CO[C@@H]1[C@@H](OC(=O)c2ccc(C)[nH]2)[C@@H](O)[C@H](Oc2ccc3c(OCCSc4ncc[nH]4)cc(=O)oc3c2C)OC1(C)C. The van der Waals surface area contributed by atoms with Crippen molar-refractivity contribution in [3.63, 3.8) is 0 Å². The van der Waals surface area contributed by atoms with Crippen LogP contribution in [0.1, 0.15) is 35.6 Å². The Balaban J connectivity index is 1.36. The predicted molar refractivity (Wildman–Crippen MR) is 153 cm³/mol. The summed E-state index contributed by atoms with van der Waals surface area (Å²) in [6, 6.07) is 8.03. The van der Waals surface area contributed by atoms with E-state index in [0.29, 0.717) is 34.8 Å². The quantitative estimate of drug-likeness (QED) is 0.106. The molecule has 12 nitrogen and oxygen atoms in total. The van der Waals surface area contributed by atoms with E-state index in [-0.39, 0.29) is 11.3 Å². The number of hydrogen-bond donors (Lipinski definition) is 3. The summed E-state index contributed by atoms with van der Waals surface area (Å²) in [5.41, 5.74) is 0.215. The molecule has 0 aliphatic carbocycles.